The zero-order valence-corrected chi connectivity index (χ0v) is 19.1. The van der Waals surface area contributed by atoms with Gasteiger partial charge in [-0.1, -0.05) is 29.8 Å². The molecule has 1 heterocycles. The number of pyridine rings is 1. The van der Waals surface area contributed by atoms with Crippen LogP contribution in [0.2, 0.25) is 5.02 Å². The monoisotopic (exact) mass is 473 g/mol. The molecule has 3 aromatic rings. The Bertz CT molecular complexity index is 1140. The van der Waals surface area contributed by atoms with E-state index in [9.17, 15) is 13.2 Å². The first-order valence-electron chi connectivity index (χ1n) is 9.94. The summed E-state index contributed by atoms with van der Waals surface area (Å²) in [5, 5.41) is 9.57. The van der Waals surface area contributed by atoms with Gasteiger partial charge in [0.25, 0.3) is 0 Å². The summed E-state index contributed by atoms with van der Waals surface area (Å²) in [6.45, 7) is 3.31. The number of halogens is 1. The number of nitrogens with zero attached hydrogens (tertiary/aromatic N) is 2. The number of rotatable bonds is 10. The Labute approximate surface area is 192 Å². The number of sulfonamides is 1. The van der Waals surface area contributed by atoms with E-state index in [1.807, 2.05) is 12.1 Å². The van der Waals surface area contributed by atoms with Gasteiger partial charge in [-0.3, -0.25) is 9.88 Å². The van der Waals surface area contributed by atoms with Gasteiger partial charge in [-0.15, -0.1) is 0 Å². The molecule has 1 aromatic heterocycles. The number of hydrogen-bond donors (Lipinski definition) is 2. The molecule has 32 heavy (non-hydrogen) atoms. The molecule has 0 aliphatic carbocycles. The van der Waals surface area contributed by atoms with E-state index in [0.717, 1.165) is 11.1 Å². The van der Waals surface area contributed by atoms with E-state index in [4.69, 9.17) is 16.7 Å². The molecule has 2 aromatic carbocycles. The molecule has 0 aliphatic rings. The van der Waals surface area contributed by atoms with Crippen LogP contribution in [0.3, 0.4) is 0 Å². The SMILES string of the molecule is CC(CN(Cc1ccc(C(=O)O)cc1)Cc1cccnc1)NS(=O)(=O)c1ccc(Cl)cc1. The van der Waals surface area contributed by atoms with E-state index in [2.05, 4.69) is 14.6 Å². The molecule has 7 nitrogen and oxygen atoms in total. The van der Waals surface area contributed by atoms with Crippen molar-refractivity contribution in [3.63, 3.8) is 0 Å². The number of aromatic carboxylic acids is 1. The molecule has 0 saturated carbocycles. The lowest BCUT2D eigenvalue weighted by atomic mass is 10.1. The van der Waals surface area contributed by atoms with Gasteiger partial charge in [-0.25, -0.2) is 17.9 Å². The Kier molecular flexibility index (Phi) is 7.98. The smallest absolute Gasteiger partial charge is 0.335 e. The Morgan fingerprint density at radius 2 is 1.72 bits per heavy atom. The molecule has 168 valence electrons. The summed E-state index contributed by atoms with van der Waals surface area (Å²) < 4.78 is 28.1. The second-order valence-electron chi connectivity index (χ2n) is 7.51. The van der Waals surface area contributed by atoms with Gasteiger partial charge in [0.2, 0.25) is 10.0 Å². The van der Waals surface area contributed by atoms with Gasteiger partial charge < -0.3 is 5.11 Å². The minimum atomic E-state index is -3.70. The molecule has 1 unspecified atom stereocenters. The number of hydrogen-bond acceptors (Lipinski definition) is 5. The van der Waals surface area contributed by atoms with Crippen LogP contribution < -0.4 is 4.72 Å². The molecule has 1 atom stereocenters. The maximum absolute atomic E-state index is 12.7. The molecule has 0 amide bonds. The fourth-order valence-electron chi connectivity index (χ4n) is 3.32. The van der Waals surface area contributed by atoms with E-state index in [1.165, 1.54) is 24.3 Å². The highest BCUT2D eigenvalue weighted by Gasteiger charge is 2.20. The largest absolute Gasteiger partial charge is 0.478 e. The first-order valence-corrected chi connectivity index (χ1v) is 11.8. The summed E-state index contributed by atoms with van der Waals surface area (Å²) in [5.41, 5.74) is 2.13. The Balaban J connectivity index is 1.73. The van der Waals surface area contributed by atoms with Crippen LogP contribution in [0.4, 0.5) is 0 Å². The number of carbonyl (C=O) groups is 1. The van der Waals surface area contributed by atoms with Crippen molar-refractivity contribution >= 4 is 27.6 Å². The lowest BCUT2D eigenvalue weighted by Crippen LogP contribution is -2.41. The number of nitrogens with one attached hydrogen (secondary N) is 1. The normalized spacial score (nSPS) is 12.6. The fraction of sp³-hybridized carbons (Fsp3) is 0.217. The third-order valence-corrected chi connectivity index (χ3v) is 6.61. The van der Waals surface area contributed by atoms with Gasteiger partial charge in [0, 0.05) is 43.1 Å². The van der Waals surface area contributed by atoms with Gasteiger partial charge >= 0.3 is 5.97 Å². The summed E-state index contributed by atoms with van der Waals surface area (Å²) in [5.74, 6) is -0.978. The average molecular weight is 474 g/mol. The number of aromatic nitrogens is 1. The highest BCUT2D eigenvalue weighted by molar-refractivity contribution is 7.89. The van der Waals surface area contributed by atoms with Crippen LogP contribution >= 0.6 is 11.6 Å². The maximum Gasteiger partial charge on any atom is 0.335 e. The van der Waals surface area contributed by atoms with Crippen molar-refractivity contribution in [3.8, 4) is 0 Å². The van der Waals surface area contributed by atoms with Crippen LogP contribution in [0, 0.1) is 0 Å². The molecular weight excluding hydrogens is 450 g/mol. The number of carboxylic acid groups (broad SMARTS) is 1. The summed E-state index contributed by atoms with van der Waals surface area (Å²) in [4.78, 5) is 17.5. The lowest BCUT2D eigenvalue weighted by molar-refractivity contribution is 0.0697. The van der Waals surface area contributed by atoms with Gasteiger partial charge in [0.15, 0.2) is 0 Å². The van der Waals surface area contributed by atoms with Crippen LogP contribution in [0.5, 0.6) is 0 Å². The van der Waals surface area contributed by atoms with Crippen molar-refractivity contribution in [2.75, 3.05) is 6.54 Å². The predicted octanol–water partition coefficient (Wildman–Crippen LogP) is 3.80. The highest BCUT2D eigenvalue weighted by atomic mass is 35.5. The number of benzene rings is 2. The van der Waals surface area contributed by atoms with E-state index in [0.29, 0.717) is 24.7 Å². The minimum Gasteiger partial charge on any atom is -0.478 e. The van der Waals surface area contributed by atoms with Crippen molar-refractivity contribution in [2.24, 2.45) is 0 Å². The van der Waals surface area contributed by atoms with E-state index >= 15 is 0 Å². The van der Waals surface area contributed by atoms with Crippen molar-refractivity contribution in [1.82, 2.24) is 14.6 Å². The summed E-state index contributed by atoms with van der Waals surface area (Å²) in [6, 6.07) is 16.1. The van der Waals surface area contributed by atoms with E-state index in [-0.39, 0.29) is 16.5 Å². The molecule has 0 bridgehead atoms. The second kappa shape index (κ2) is 10.7. The molecule has 0 saturated heterocycles. The standard InChI is InChI=1S/C23H24ClN3O4S/c1-17(26-32(30,31)22-10-8-21(24)9-11-22)14-27(16-19-3-2-12-25-13-19)15-18-4-6-20(7-5-18)23(28)29/h2-13,17,26H,14-16H2,1H3,(H,28,29). The molecule has 0 fully saturated rings. The molecule has 2 N–H and O–H groups in total. The average Bonchev–Trinajstić information content (AvgIpc) is 2.74. The van der Waals surface area contributed by atoms with Gasteiger partial charge in [0.1, 0.15) is 0 Å². The van der Waals surface area contributed by atoms with Crippen LogP contribution in [0.1, 0.15) is 28.4 Å². The fourth-order valence-corrected chi connectivity index (χ4v) is 4.68. The van der Waals surface area contributed by atoms with Gasteiger partial charge in [-0.05, 0) is 60.5 Å². The van der Waals surface area contributed by atoms with Crippen LogP contribution in [-0.2, 0) is 23.1 Å². The lowest BCUT2D eigenvalue weighted by Gasteiger charge is -2.26. The van der Waals surface area contributed by atoms with Gasteiger partial charge in [-0.2, -0.15) is 0 Å². The zero-order valence-electron chi connectivity index (χ0n) is 17.5. The quantitative estimate of drug-likeness (QED) is 0.464. The topological polar surface area (TPSA) is 99.6 Å². The summed E-state index contributed by atoms with van der Waals surface area (Å²) >= 11 is 5.86. The molecule has 9 heteroatoms. The molecule has 3 rings (SSSR count). The summed E-state index contributed by atoms with van der Waals surface area (Å²) in [7, 11) is -3.70. The second-order valence-corrected chi connectivity index (χ2v) is 9.66. The van der Waals surface area contributed by atoms with Crippen molar-refractivity contribution < 1.29 is 18.3 Å². The van der Waals surface area contributed by atoms with Crippen LogP contribution in [0.25, 0.3) is 0 Å². The first kappa shape index (κ1) is 23.9. The predicted molar refractivity (Wildman–Crippen MR) is 123 cm³/mol. The zero-order chi connectivity index (χ0) is 23.1. The minimum absolute atomic E-state index is 0.150. The van der Waals surface area contributed by atoms with Gasteiger partial charge in [0.05, 0.1) is 10.5 Å². The van der Waals surface area contributed by atoms with Crippen LogP contribution in [-0.4, -0.2) is 42.0 Å². The summed E-state index contributed by atoms with van der Waals surface area (Å²) in [6.07, 6.45) is 3.46. The number of carboxylic acids is 1. The van der Waals surface area contributed by atoms with Crippen LogP contribution in [0.15, 0.2) is 78.0 Å². The Hall–Kier alpha value is -2.78. The third-order valence-electron chi connectivity index (χ3n) is 4.75. The Morgan fingerprint density at radius 3 is 2.31 bits per heavy atom. The van der Waals surface area contributed by atoms with E-state index < -0.39 is 16.0 Å². The highest BCUT2D eigenvalue weighted by Crippen LogP contribution is 2.16. The van der Waals surface area contributed by atoms with Crippen molar-refractivity contribution in [1.29, 1.82) is 0 Å². The molecule has 0 radical (unpaired) electrons. The van der Waals surface area contributed by atoms with Crippen molar-refractivity contribution in [3.05, 3.63) is 94.8 Å². The van der Waals surface area contributed by atoms with E-state index in [1.54, 1.807) is 43.6 Å². The first-order chi connectivity index (χ1) is 15.2. The molecular formula is C23H24ClN3O4S. The maximum atomic E-state index is 12.7. The Morgan fingerprint density at radius 1 is 1.06 bits per heavy atom. The molecule has 0 aliphatic heterocycles. The van der Waals surface area contributed by atoms with Crippen molar-refractivity contribution in [2.45, 2.75) is 31.0 Å². The molecule has 0 spiro atoms. The third kappa shape index (κ3) is 6.86.